The number of nitrogens with one attached hydrogen (secondary N) is 1. The van der Waals surface area contributed by atoms with Gasteiger partial charge >= 0.3 is 6.09 Å². The maximum absolute atomic E-state index is 15.1. The minimum Gasteiger partial charge on any atom is -0.445 e. The average Bonchev–Trinajstić information content (AvgIpc) is 3.53. The molecule has 1 aromatic heterocycles. The van der Waals surface area contributed by atoms with Crippen LogP contribution in [0.1, 0.15) is 82.9 Å². The van der Waals surface area contributed by atoms with E-state index in [1.54, 1.807) is 37.4 Å². The summed E-state index contributed by atoms with van der Waals surface area (Å²) in [6.07, 6.45) is 7.60. The maximum Gasteiger partial charge on any atom is 0.410 e. The SMILES string of the molecule is CO[C@@H]1C[C@H](C(=O)N(c2ccc(C(C)(C)C)cc2)C(C)(C(=O)NC2CCCCC2)c2cccnc2)N(C(=O)OCc2ccccc2)C1. The van der Waals surface area contributed by atoms with Crippen molar-refractivity contribution in [3.05, 3.63) is 95.8 Å². The largest absolute Gasteiger partial charge is 0.445 e. The number of ether oxygens (including phenoxy) is 2. The van der Waals surface area contributed by atoms with Crippen LogP contribution in [0.15, 0.2) is 79.1 Å². The third-order valence-electron chi connectivity index (χ3n) is 9.59. The highest BCUT2D eigenvalue weighted by molar-refractivity contribution is 6.07. The lowest BCUT2D eigenvalue weighted by Crippen LogP contribution is -2.62. The fourth-order valence-electron chi connectivity index (χ4n) is 6.66. The number of pyridine rings is 1. The van der Waals surface area contributed by atoms with E-state index in [1.165, 1.54) is 4.90 Å². The fraction of sp³-hybridized carbons (Fsp3) is 0.474. The van der Waals surface area contributed by atoms with Crippen molar-refractivity contribution < 1.29 is 23.9 Å². The number of aromatic nitrogens is 1. The Bertz CT molecular complexity index is 1500. The maximum atomic E-state index is 15.1. The summed E-state index contributed by atoms with van der Waals surface area (Å²) in [7, 11) is 1.57. The number of carbonyl (C=O) groups excluding carboxylic acids is 3. The first kappa shape index (κ1) is 34.1. The van der Waals surface area contributed by atoms with Crippen molar-refractivity contribution >= 4 is 23.6 Å². The third-order valence-corrected chi connectivity index (χ3v) is 9.59. The van der Waals surface area contributed by atoms with Gasteiger partial charge in [-0.2, -0.15) is 0 Å². The molecule has 1 N–H and O–H groups in total. The predicted octanol–water partition coefficient (Wildman–Crippen LogP) is 6.50. The van der Waals surface area contributed by atoms with E-state index < -0.39 is 23.6 Å². The van der Waals surface area contributed by atoms with Crippen LogP contribution >= 0.6 is 0 Å². The Morgan fingerprint density at radius 1 is 0.915 bits per heavy atom. The second-order valence-corrected chi connectivity index (χ2v) is 13.9. The zero-order valence-electron chi connectivity index (χ0n) is 28.3. The van der Waals surface area contributed by atoms with Crippen LogP contribution in [0.4, 0.5) is 10.5 Å². The minimum absolute atomic E-state index is 0.0151. The number of methoxy groups -OCH3 is 1. The van der Waals surface area contributed by atoms with Crippen LogP contribution in [0.5, 0.6) is 0 Å². The molecule has 0 radical (unpaired) electrons. The highest BCUT2D eigenvalue weighted by atomic mass is 16.6. The summed E-state index contributed by atoms with van der Waals surface area (Å²) >= 11 is 0. The van der Waals surface area contributed by atoms with Crippen molar-refractivity contribution in [2.45, 2.75) is 102 Å². The standard InChI is InChI=1S/C38H48N4O5/c1-37(2,3)28-18-20-31(21-19-28)42(38(4,29-15-12-22-39-24-29)35(44)40-30-16-10-7-11-17-30)34(43)33-23-32(46-5)25-41(33)36(45)47-26-27-13-8-6-9-14-27/h6,8-9,12-15,18-22,24,30,32-33H,7,10-11,16-17,23,25-26H2,1-5H3,(H,40,44)/t32-,33-,38?/m1/s1. The zero-order valence-corrected chi connectivity index (χ0v) is 28.3. The lowest BCUT2D eigenvalue weighted by Gasteiger charge is -2.43. The summed E-state index contributed by atoms with van der Waals surface area (Å²) in [5.41, 5.74) is 1.45. The van der Waals surface area contributed by atoms with Gasteiger partial charge in [-0.1, -0.05) is 88.6 Å². The molecule has 1 aliphatic carbocycles. The van der Waals surface area contributed by atoms with Gasteiger partial charge in [-0.3, -0.25) is 24.4 Å². The number of amides is 3. The van der Waals surface area contributed by atoms with Crippen LogP contribution in [-0.2, 0) is 36.6 Å². The molecule has 1 aliphatic heterocycles. The summed E-state index contributed by atoms with van der Waals surface area (Å²) in [5.74, 6) is -0.681. The van der Waals surface area contributed by atoms with E-state index in [0.29, 0.717) is 11.3 Å². The fourth-order valence-corrected chi connectivity index (χ4v) is 6.66. The van der Waals surface area contributed by atoms with E-state index in [9.17, 15) is 9.59 Å². The molecule has 3 amide bonds. The van der Waals surface area contributed by atoms with E-state index in [0.717, 1.165) is 43.2 Å². The van der Waals surface area contributed by atoms with Gasteiger partial charge in [-0.25, -0.2) is 4.79 Å². The van der Waals surface area contributed by atoms with Crippen molar-refractivity contribution in [2.24, 2.45) is 0 Å². The molecule has 1 saturated heterocycles. The van der Waals surface area contributed by atoms with Gasteiger partial charge in [0.15, 0.2) is 5.54 Å². The monoisotopic (exact) mass is 640 g/mol. The highest BCUT2D eigenvalue weighted by Crippen LogP contribution is 2.38. The van der Waals surface area contributed by atoms with Crippen molar-refractivity contribution in [3.8, 4) is 0 Å². The van der Waals surface area contributed by atoms with Gasteiger partial charge in [0, 0.05) is 43.2 Å². The topological polar surface area (TPSA) is 101 Å². The zero-order chi connectivity index (χ0) is 33.6. The van der Waals surface area contributed by atoms with Gasteiger partial charge in [0.2, 0.25) is 0 Å². The molecule has 0 spiro atoms. The first-order chi connectivity index (χ1) is 22.5. The third kappa shape index (κ3) is 7.67. The first-order valence-electron chi connectivity index (χ1n) is 16.7. The summed E-state index contributed by atoms with van der Waals surface area (Å²) in [6, 6.07) is 19.9. The lowest BCUT2D eigenvalue weighted by atomic mass is 9.85. The van der Waals surface area contributed by atoms with Gasteiger partial charge in [0.25, 0.3) is 11.8 Å². The Hall–Kier alpha value is -4.24. The molecular weight excluding hydrogens is 592 g/mol. The molecule has 2 heterocycles. The van der Waals surface area contributed by atoms with Crippen molar-refractivity contribution in [2.75, 3.05) is 18.6 Å². The number of benzene rings is 2. The molecule has 5 rings (SSSR count). The number of hydrogen-bond donors (Lipinski definition) is 1. The molecule has 3 aromatic rings. The molecule has 0 bridgehead atoms. The van der Waals surface area contributed by atoms with Crippen molar-refractivity contribution in [1.29, 1.82) is 0 Å². The molecule has 250 valence electrons. The smallest absolute Gasteiger partial charge is 0.410 e. The number of anilines is 1. The van der Waals surface area contributed by atoms with E-state index in [1.807, 2.05) is 60.7 Å². The van der Waals surface area contributed by atoms with Gasteiger partial charge in [0.1, 0.15) is 12.6 Å². The molecule has 2 fully saturated rings. The Balaban J connectivity index is 1.57. The summed E-state index contributed by atoms with van der Waals surface area (Å²) in [5, 5.41) is 3.29. The number of rotatable bonds is 9. The van der Waals surface area contributed by atoms with E-state index in [-0.39, 0.29) is 43.0 Å². The van der Waals surface area contributed by atoms with Gasteiger partial charge in [-0.05, 0) is 54.5 Å². The molecule has 1 unspecified atom stereocenters. The van der Waals surface area contributed by atoms with Gasteiger partial charge in [0.05, 0.1) is 12.6 Å². The van der Waals surface area contributed by atoms with Gasteiger partial charge < -0.3 is 14.8 Å². The number of carbonyl (C=O) groups is 3. The second kappa shape index (κ2) is 14.7. The predicted molar refractivity (Wildman–Crippen MR) is 182 cm³/mol. The van der Waals surface area contributed by atoms with Crippen molar-refractivity contribution in [1.82, 2.24) is 15.2 Å². The molecule has 9 heteroatoms. The minimum atomic E-state index is -1.49. The van der Waals surface area contributed by atoms with Crippen LogP contribution in [0.25, 0.3) is 0 Å². The van der Waals surface area contributed by atoms with Gasteiger partial charge in [-0.15, -0.1) is 0 Å². The second-order valence-electron chi connectivity index (χ2n) is 13.9. The molecule has 2 aliphatic rings. The van der Waals surface area contributed by atoms with E-state index >= 15 is 4.79 Å². The molecule has 2 aromatic carbocycles. The Morgan fingerprint density at radius 2 is 1.62 bits per heavy atom. The van der Waals surface area contributed by atoms with Crippen LogP contribution < -0.4 is 10.2 Å². The average molecular weight is 641 g/mol. The van der Waals surface area contributed by atoms with Crippen LogP contribution in [0, 0.1) is 0 Å². The summed E-state index contributed by atoms with van der Waals surface area (Å²) in [6.45, 7) is 8.43. The van der Waals surface area contributed by atoms with Crippen molar-refractivity contribution in [3.63, 3.8) is 0 Å². The highest BCUT2D eigenvalue weighted by Gasteiger charge is 2.51. The summed E-state index contributed by atoms with van der Waals surface area (Å²) < 4.78 is 11.4. The normalized spacial score (nSPS) is 19.9. The Labute approximate surface area is 278 Å². The number of hydrogen-bond acceptors (Lipinski definition) is 6. The first-order valence-corrected chi connectivity index (χ1v) is 16.7. The Kier molecular flexibility index (Phi) is 10.6. The number of likely N-dealkylation sites (tertiary alicyclic amines) is 1. The van der Waals surface area contributed by atoms with E-state index in [2.05, 4.69) is 31.1 Å². The lowest BCUT2D eigenvalue weighted by molar-refractivity contribution is -0.132. The molecule has 1 saturated carbocycles. The van der Waals surface area contributed by atoms with Crippen LogP contribution in [0.2, 0.25) is 0 Å². The Morgan fingerprint density at radius 3 is 2.23 bits per heavy atom. The molecule has 3 atom stereocenters. The molecular formula is C38H48N4O5. The van der Waals surface area contributed by atoms with Crippen LogP contribution in [0.3, 0.4) is 0 Å². The number of nitrogens with zero attached hydrogens (tertiary/aromatic N) is 3. The quantitative estimate of drug-likeness (QED) is 0.287. The van der Waals surface area contributed by atoms with E-state index in [4.69, 9.17) is 9.47 Å². The molecule has 47 heavy (non-hydrogen) atoms. The molecule has 9 nitrogen and oxygen atoms in total. The van der Waals surface area contributed by atoms with Crippen LogP contribution in [-0.4, -0.2) is 59.6 Å². The summed E-state index contributed by atoms with van der Waals surface area (Å²) in [4.78, 5) is 50.7.